The molecule has 0 saturated carbocycles. The fourth-order valence-electron chi connectivity index (χ4n) is 2.50. The number of ketones is 1. The van der Waals surface area contributed by atoms with Crippen LogP contribution in [0.3, 0.4) is 0 Å². The Labute approximate surface area is 109 Å². The van der Waals surface area contributed by atoms with Gasteiger partial charge in [0.05, 0.1) is 11.3 Å². The Kier molecular flexibility index (Phi) is 2.51. The molecule has 3 rings (SSSR count). The Hall–Kier alpha value is -2.37. The number of hydrogen-bond donors (Lipinski definition) is 2. The molecule has 6 nitrogen and oxygen atoms in total. The first-order valence-electron chi connectivity index (χ1n) is 6.06. The van der Waals surface area contributed by atoms with Crippen LogP contribution in [0.25, 0.3) is 0 Å². The Morgan fingerprint density at radius 1 is 1.26 bits per heavy atom. The molecule has 4 N–H and O–H groups in total. The third-order valence-electron chi connectivity index (χ3n) is 3.34. The van der Waals surface area contributed by atoms with Crippen LogP contribution in [0.15, 0.2) is 16.5 Å². The number of rotatable bonds is 1. The topological polar surface area (TPSA) is 108 Å². The van der Waals surface area contributed by atoms with Gasteiger partial charge in [-0.1, -0.05) is 0 Å². The summed E-state index contributed by atoms with van der Waals surface area (Å²) in [7, 11) is 0. The van der Waals surface area contributed by atoms with Crippen LogP contribution in [0, 0.1) is 6.92 Å². The number of furan rings is 1. The average Bonchev–Trinajstić information content (AvgIpc) is 2.74. The second kappa shape index (κ2) is 4.08. The molecule has 6 heteroatoms. The lowest BCUT2D eigenvalue weighted by Gasteiger charge is -2.22. The number of nitrogens with two attached hydrogens (primary N) is 2. The number of Topliss-reactive ketones (excluding diaryl/α,β-unsaturated/α-hetero) is 1. The van der Waals surface area contributed by atoms with Gasteiger partial charge in [0.15, 0.2) is 5.78 Å². The third kappa shape index (κ3) is 1.95. The van der Waals surface area contributed by atoms with E-state index in [4.69, 9.17) is 15.9 Å². The smallest absolute Gasteiger partial charge is 0.222 e. The van der Waals surface area contributed by atoms with E-state index in [1.54, 1.807) is 0 Å². The molecule has 1 atom stereocenters. The van der Waals surface area contributed by atoms with Gasteiger partial charge in [-0.3, -0.25) is 4.79 Å². The van der Waals surface area contributed by atoms with Crippen LogP contribution in [0.1, 0.15) is 39.9 Å². The summed E-state index contributed by atoms with van der Waals surface area (Å²) in [6, 6.07) is 3.78. The number of aromatic nitrogens is 2. The van der Waals surface area contributed by atoms with Crippen molar-refractivity contribution < 1.29 is 9.21 Å². The van der Waals surface area contributed by atoms with E-state index in [-0.39, 0.29) is 23.5 Å². The van der Waals surface area contributed by atoms with Crippen molar-refractivity contribution in [2.45, 2.75) is 25.7 Å². The maximum absolute atomic E-state index is 12.2. The van der Waals surface area contributed by atoms with Gasteiger partial charge < -0.3 is 15.9 Å². The van der Waals surface area contributed by atoms with Gasteiger partial charge in [0.1, 0.15) is 17.3 Å². The first kappa shape index (κ1) is 11.7. The summed E-state index contributed by atoms with van der Waals surface area (Å²) in [6.07, 6.45) is 0.947. The maximum Gasteiger partial charge on any atom is 0.222 e. The first-order chi connectivity index (χ1) is 9.04. The van der Waals surface area contributed by atoms with Gasteiger partial charge in [-0.15, -0.1) is 0 Å². The average molecular weight is 258 g/mol. The number of carbonyl (C=O) groups is 1. The number of anilines is 2. The molecule has 0 saturated heterocycles. The van der Waals surface area contributed by atoms with Crippen molar-refractivity contribution in [1.82, 2.24) is 9.97 Å². The zero-order chi connectivity index (χ0) is 13.6. The summed E-state index contributed by atoms with van der Waals surface area (Å²) in [6.45, 7) is 1.88. The second-order valence-corrected chi connectivity index (χ2v) is 4.77. The van der Waals surface area contributed by atoms with Crippen molar-refractivity contribution in [3.63, 3.8) is 0 Å². The van der Waals surface area contributed by atoms with Crippen LogP contribution in [0.2, 0.25) is 0 Å². The number of fused-ring (bicyclic) bond motifs is 1. The van der Waals surface area contributed by atoms with Crippen LogP contribution in [0.4, 0.5) is 11.8 Å². The third-order valence-corrected chi connectivity index (χ3v) is 3.34. The molecule has 98 valence electrons. The predicted molar refractivity (Wildman–Crippen MR) is 69.7 cm³/mol. The molecule has 0 amide bonds. The molecule has 0 aromatic carbocycles. The molecule has 0 bridgehead atoms. The van der Waals surface area contributed by atoms with Gasteiger partial charge in [-0.2, -0.15) is 4.98 Å². The van der Waals surface area contributed by atoms with E-state index >= 15 is 0 Å². The molecular weight excluding hydrogens is 244 g/mol. The van der Waals surface area contributed by atoms with Crippen LogP contribution in [0.5, 0.6) is 0 Å². The summed E-state index contributed by atoms with van der Waals surface area (Å²) in [5.41, 5.74) is 12.3. The fourth-order valence-corrected chi connectivity index (χ4v) is 2.50. The van der Waals surface area contributed by atoms with Crippen molar-refractivity contribution in [2.75, 3.05) is 11.5 Å². The number of nitrogen functional groups attached to an aromatic ring is 2. The monoisotopic (exact) mass is 258 g/mol. The van der Waals surface area contributed by atoms with E-state index in [0.29, 0.717) is 24.1 Å². The largest absolute Gasteiger partial charge is 0.466 e. The SMILES string of the molecule is Cc1ccc(C2CC(=O)c3c(N)nc(N)nc3C2)o1. The molecule has 2 aromatic rings. The summed E-state index contributed by atoms with van der Waals surface area (Å²) in [4.78, 5) is 20.1. The van der Waals surface area contributed by atoms with Gasteiger partial charge in [0, 0.05) is 18.8 Å². The van der Waals surface area contributed by atoms with Crippen molar-refractivity contribution in [1.29, 1.82) is 0 Å². The number of carbonyl (C=O) groups excluding carboxylic acids is 1. The fraction of sp³-hybridized carbons (Fsp3) is 0.308. The maximum atomic E-state index is 12.2. The van der Waals surface area contributed by atoms with Crippen LogP contribution < -0.4 is 11.5 Å². The lowest BCUT2D eigenvalue weighted by Crippen LogP contribution is -2.23. The number of aryl methyl sites for hydroxylation is 1. The van der Waals surface area contributed by atoms with Gasteiger partial charge >= 0.3 is 0 Å². The molecule has 1 aliphatic carbocycles. The zero-order valence-electron chi connectivity index (χ0n) is 10.5. The first-order valence-corrected chi connectivity index (χ1v) is 6.06. The summed E-state index contributed by atoms with van der Waals surface area (Å²) in [5, 5.41) is 0. The van der Waals surface area contributed by atoms with E-state index in [1.165, 1.54) is 0 Å². The molecule has 19 heavy (non-hydrogen) atoms. The van der Waals surface area contributed by atoms with Gasteiger partial charge in [-0.05, 0) is 19.1 Å². The molecule has 0 fully saturated rings. The van der Waals surface area contributed by atoms with Crippen molar-refractivity contribution in [3.05, 3.63) is 34.9 Å². The van der Waals surface area contributed by atoms with Crippen LogP contribution in [-0.2, 0) is 6.42 Å². The molecule has 1 aliphatic rings. The quantitative estimate of drug-likeness (QED) is 0.801. The van der Waals surface area contributed by atoms with Crippen LogP contribution >= 0.6 is 0 Å². The Balaban J connectivity index is 2.02. The summed E-state index contributed by atoms with van der Waals surface area (Å²) in [5.74, 6) is 1.82. The molecule has 0 radical (unpaired) electrons. The van der Waals surface area contributed by atoms with E-state index in [1.807, 2.05) is 19.1 Å². The lowest BCUT2D eigenvalue weighted by molar-refractivity contribution is 0.0959. The highest BCUT2D eigenvalue weighted by molar-refractivity contribution is 6.02. The normalized spacial score (nSPS) is 18.4. The van der Waals surface area contributed by atoms with E-state index < -0.39 is 0 Å². The Morgan fingerprint density at radius 3 is 2.74 bits per heavy atom. The lowest BCUT2D eigenvalue weighted by atomic mass is 9.84. The van der Waals surface area contributed by atoms with Crippen molar-refractivity contribution in [2.24, 2.45) is 0 Å². The highest BCUT2D eigenvalue weighted by atomic mass is 16.3. The van der Waals surface area contributed by atoms with E-state index in [9.17, 15) is 4.79 Å². The summed E-state index contributed by atoms with van der Waals surface area (Å²) >= 11 is 0. The standard InChI is InChI=1S/C13H14N4O2/c1-6-2-3-10(19-6)7-4-8-11(9(18)5-7)12(14)17-13(15)16-8/h2-3,7H,4-5H2,1H3,(H4,14,15,16,17). The molecule has 0 aliphatic heterocycles. The van der Waals surface area contributed by atoms with Gasteiger partial charge in [0.2, 0.25) is 5.95 Å². The zero-order valence-corrected chi connectivity index (χ0v) is 10.5. The molecule has 1 unspecified atom stereocenters. The number of nitrogens with zero attached hydrogens (tertiary/aromatic N) is 2. The van der Waals surface area contributed by atoms with Gasteiger partial charge in [-0.25, -0.2) is 4.98 Å². The predicted octanol–water partition coefficient (Wildman–Crippen LogP) is 1.46. The Bertz CT molecular complexity index is 663. The van der Waals surface area contributed by atoms with E-state index in [2.05, 4.69) is 9.97 Å². The molecule has 0 spiro atoms. The van der Waals surface area contributed by atoms with Crippen LogP contribution in [-0.4, -0.2) is 15.8 Å². The minimum Gasteiger partial charge on any atom is -0.466 e. The van der Waals surface area contributed by atoms with E-state index in [0.717, 1.165) is 11.5 Å². The minimum absolute atomic E-state index is 0.0117. The highest BCUT2D eigenvalue weighted by Gasteiger charge is 2.31. The Morgan fingerprint density at radius 2 is 2.05 bits per heavy atom. The molecular formula is C13H14N4O2. The minimum atomic E-state index is -0.0576. The molecule has 2 aromatic heterocycles. The van der Waals surface area contributed by atoms with Crippen molar-refractivity contribution >= 4 is 17.5 Å². The highest BCUT2D eigenvalue weighted by Crippen LogP contribution is 2.34. The summed E-state index contributed by atoms with van der Waals surface area (Å²) < 4.78 is 5.59. The van der Waals surface area contributed by atoms with Crippen molar-refractivity contribution in [3.8, 4) is 0 Å². The second-order valence-electron chi connectivity index (χ2n) is 4.77. The molecule has 2 heterocycles. The number of hydrogen-bond acceptors (Lipinski definition) is 6. The van der Waals surface area contributed by atoms with Gasteiger partial charge in [0.25, 0.3) is 0 Å².